The quantitative estimate of drug-likeness (QED) is 0.875. The largest absolute Gasteiger partial charge is 0.490 e. The lowest BCUT2D eigenvalue weighted by Crippen LogP contribution is -1.99. The number of anilines is 1. The molecule has 0 bridgehead atoms. The second-order valence-electron chi connectivity index (χ2n) is 4.99. The van der Waals surface area contributed by atoms with Gasteiger partial charge >= 0.3 is 0 Å². The first-order valence-corrected chi connectivity index (χ1v) is 7.23. The van der Waals surface area contributed by atoms with Gasteiger partial charge in [-0.3, -0.25) is 0 Å². The SMILES string of the molecule is CCOc1ccc(-c2noc(N)c2C(C)C)cc1OCC. The van der Waals surface area contributed by atoms with Crippen molar-refractivity contribution in [3.05, 3.63) is 23.8 Å². The molecule has 0 fully saturated rings. The maximum atomic E-state index is 5.87. The van der Waals surface area contributed by atoms with Gasteiger partial charge in [0.2, 0.25) is 5.88 Å². The molecule has 2 N–H and O–H groups in total. The van der Waals surface area contributed by atoms with Crippen molar-refractivity contribution < 1.29 is 14.0 Å². The molecule has 0 unspecified atom stereocenters. The molecule has 2 aromatic rings. The minimum Gasteiger partial charge on any atom is -0.490 e. The number of hydrogen-bond donors (Lipinski definition) is 1. The van der Waals surface area contributed by atoms with Crippen LogP contribution in [0, 0.1) is 0 Å². The Kier molecular flexibility index (Phi) is 4.73. The highest BCUT2D eigenvalue weighted by Crippen LogP contribution is 2.37. The number of benzene rings is 1. The first-order chi connectivity index (χ1) is 10.1. The zero-order chi connectivity index (χ0) is 15.4. The summed E-state index contributed by atoms with van der Waals surface area (Å²) in [7, 11) is 0. The Hall–Kier alpha value is -2.17. The van der Waals surface area contributed by atoms with E-state index in [9.17, 15) is 0 Å². The molecule has 5 nitrogen and oxygen atoms in total. The topological polar surface area (TPSA) is 70.5 Å². The van der Waals surface area contributed by atoms with Gasteiger partial charge in [0.1, 0.15) is 5.69 Å². The highest BCUT2D eigenvalue weighted by molar-refractivity contribution is 5.70. The van der Waals surface area contributed by atoms with Gasteiger partial charge < -0.3 is 19.7 Å². The van der Waals surface area contributed by atoms with Gasteiger partial charge in [0.25, 0.3) is 0 Å². The van der Waals surface area contributed by atoms with Crippen molar-refractivity contribution in [2.45, 2.75) is 33.6 Å². The lowest BCUT2D eigenvalue weighted by Gasteiger charge is -2.12. The molecule has 0 atom stereocenters. The van der Waals surface area contributed by atoms with Crippen LogP contribution in [0.5, 0.6) is 11.5 Å². The molecule has 0 aliphatic heterocycles. The zero-order valence-corrected chi connectivity index (χ0v) is 13.0. The van der Waals surface area contributed by atoms with E-state index in [0.717, 1.165) is 22.6 Å². The van der Waals surface area contributed by atoms with E-state index in [1.807, 2.05) is 32.0 Å². The summed E-state index contributed by atoms with van der Waals surface area (Å²) in [6.07, 6.45) is 0. The Morgan fingerprint density at radius 3 is 2.43 bits per heavy atom. The predicted octanol–water partition coefficient (Wildman–Crippen LogP) is 3.84. The van der Waals surface area contributed by atoms with Gasteiger partial charge in [-0.25, -0.2) is 0 Å². The fourth-order valence-corrected chi connectivity index (χ4v) is 2.27. The van der Waals surface area contributed by atoms with Crippen LogP contribution in [0.2, 0.25) is 0 Å². The third kappa shape index (κ3) is 3.12. The van der Waals surface area contributed by atoms with E-state index in [2.05, 4.69) is 19.0 Å². The van der Waals surface area contributed by atoms with E-state index in [0.29, 0.717) is 24.8 Å². The van der Waals surface area contributed by atoms with Crippen LogP contribution in [0.15, 0.2) is 22.7 Å². The predicted molar refractivity (Wildman–Crippen MR) is 82.8 cm³/mol. The fraction of sp³-hybridized carbons (Fsp3) is 0.438. The van der Waals surface area contributed by atoms with E-state index in [1.165, 1.54) is 0 Å². The standard InChI is InChI=1S/C16H22N2O3/c1-5-19-12-8-7-11(9-13(12)20-6-2)15-14(10(3)4)16(17)21-18-15/h7-10H,5-6,17H2,1-4H3. The summed E-state index contributed by atoms with van der Waals surface area (Å²) in [6, 6.07) is 5.74. The van der Waals surface area contributed by atoms with Crippen molar-refractivity contribution in [1.29, 1.82) is 0 Å². The normalized spacial score (nSPS) is 10.9. The minimum atomic E-state index is 0.230. The average Bonchev–Trinajstić information content (AvgIpc) is 2.83. The van der Waals surface area contributed by atoms with Crippen LogP contribution in [0.4, 0.5) is 5.88 Å². The molecule has 0 aliphatic carbocycles. The van der Waals surface area contributed by atoms with Crippen LogP contribution in [0.25, 0.3) is 11.3 Å². The van der Waals surface area contributed by atoms with Crippen molar-refractivity contribution in [3.63, 3.8) is 0 Å². The molecule has 0 saturated heterocycles. The number of rotatable bonds is 6. The Morgan fingerprint density at radius 2 is 1.81 bits per heavy atom. The molecule has 0 aliphatic rings. The van der Waals surface area contributed by atoms with Crippen molar-refractivity contribution in [2.75, 3.05) is 18.9 Å². The first kappa shape index (κ1) is 15.2. The summed E-state index contributed by atoms with van der Waals surface area (Å²) in [5.41, 5.74) is 8.45. The van der Waals surface area contributed by atoms with E-state index in [4.69, 9.17) is 19.7 Å². The van der Waals surface area contributed by atoms with Gasteiger partial charge in [-0.2, -0.15) is 0 Å². The molecular weight excluding hydrogens is 268 g/mol. The van der Waals surface area contributed by atoms with E-state index >= 15 is 0 Å². The molecule has 1 heterocycles. The Bertz CT molecular complexity index is 606. The lowest BCUT2D eigenvalue weighted by molar-refractivity contribution is 0.288. The van der Waals surface area contributed by atoms with Gasteiger partial charge in [0.05, 0.1) is 13.2 Å². The Labute approximate surface area is 125 Å². The molecule has 0 amide bonds. The Morgan fingerprint density at radius 1 is 1.14 bits per heavy atom. The molecule has 114 valence electrons. The maximum Gasteiger partial charge on any atom is 0.226 e. The number of nitrogens with zero attached hydrogens (tertiary/aromatic N) is 1. The van der Waals surface area contributed by atoms with E-state index in [-0.39, 0.29) is 5.92 Å². The summed E-state index contributed by atoms with van der Waals surface area (Å²) in [4.78, 5) is 0. The van der Waals surface area contributed by atoms with Gasteiger partial charge in [0.15, 0.2) is 11.5 Å². The molecule has 0 spiro atoms. The molecule has 0 radical (unpaired) electrons. The monoisotopic (exact) mass is 290 g/mol. The van der Waals surface area contributed by atoms with Crippen LogP contribution >= 0.6 is 0 Å². The van der Waals surface area contributed by atoms with E-state index in [1.54, 1.807) is 0 Å². The molecule has 1 aromatic heterocycles. The van der Waals surface area contributed by atoms with Gasteiger partial charge in [0, 0.05) is 11.1 Å². The number of nitrogen functional groups attached to an aromatic ring is 1. The second-order valence-corrected chi connectivity index (χ2v) is 4.99. The van der Waals surface area contributed by atoms with Crippen molar-refractivity contribution in [3.8, 4) is 22.8 Å². The van der Waals surface area contributed by atoms with Crippen molar-refractivity contribution in [1.82, 2.24) is 5.16 Å². The van der Waals surface area contributed by atoms with Crippen molar-refractivity contribution >= 4 is 5.88 Å². The van der Waals surface area contributed by atoms with Gasteiger partial charge in [-0.05, 0) is 38.0 Å². The second kappa shape index (κ2) is 6.52. The first-order valence-electron chi connectivity index (χ1n) is 7.23. The summed E-state index contributed by atoms with van der Waals surface area (Å²) < 4.78 is 16.4. The smallest absolute Gasteiger partial charge is 0.226 e. The molecule has 0 saturated carbocycles. The number of ether oxygens (including phenoxy) is 2. The van der Waals surface area contributed by atoms with Crippen LogP contribution in [0.3, 0.4) is 0 Å². The summed E-state index contributed by atoms with van der Waals surface area (Å²) in [6.45, 7) is 9.17. The number of hydrogen-bond acceptors (Lipinski definition) is 5. The summed E-state index contributed by atoms with van der Waals surface area (Å²) in [5, 5.41) is 4.09. The summed E-state index contributed by atoms with van der Waals surface area (Å²) >= 11 is 0. The van der Waals surface area contributed by atoms with Crippen molar-refractivity contribution in [2.24, 2.45) is 0 Å². The fourth-order valence-electron chi connectivity index (χ4n) is 2.27. The molecule has 2 rings (SSSR count). The van der Waals surface area contributed by atoms with Crippen LogP contribution in [-0.4, -0.2) is 18.4 Å². The number of nitrogens with two attached hydrogens (primary N) is 1. The van der Waals surface area contributed by atoms with Crippen LogP contribution in [-0.2, 0) is 0 Å². The third-order valence-electron chi connectivity index (χ3n) is 3.15. The third-order valence-corrected chi connectivity index (χ3v) is 3.15. The number of aromatic nitrogens is 1. The molecule has 21 heavy (non-hydrogen) atoms. The molecule has 5 heteroatoms. The zero-order valence-electron chi connectivity index (χ0n) is 13.0. The van der Waals surface area contributed by atoms with Crippen LogP contribution in [0.1, 0.15) is 39.2 Å². The Balaban J connectivity index is 2.47. The van der Waals surface area contributed by atoms with E-state index < -0.39 is 0 Å². The summed E-state index contributed by atoms with van der Waals surface area (Å²) in [5.74, 6) is 2.03. The minimum absolute atomic E-state index is 0.230. The molecular formula is C16H22N2O3. The molecule has 1 aromatic carbocycles. The van der Waals surface area contributed by atoms with Gasteiger partial charge in [-0.15, -0.1) is 0 Å². The maximum absolute atomic E-state index is 5.87. The highest BCUT2D eigenvalue weighted by atomic mass is 16.5. The van der Waals surface area contributed by atoms with Gasteiger partial charge in [-0.1, -0.05) is 19.0 Å². The average molecular weight is 290 g/mol. The van der Waals surface area contributed by atoms with Crippen LogP contribution < -0.4 is 15.2 Å². The lowest BCUT2D eigenvalue weighted by atomic mass is 9.98. The highest BCUT2D eigenvalue weighted by Gasteiger charge is 2.19.